The Morgan fingerprint density at radius 1 is 0.969 bits per heavy atom. The minimum absolute atomic E-state index is 0.0724. The highest BCUT2D eigenvalue weighted by molar-refractivity contribution is 6.35. The number of ether oxygens (including phenoxy) is 1. The number of carbonyl (C=O) groups excluding carboxylic acids is 1. The van der Waals surface area contributed by atoms with Gasteiger partial charge in [0.05, 0.1) is 6.42 Å². The molecule has 7 heteroatoms. The third-order valence-corrected chi connectivity index (χ3v) is 6.16. The SMILES string of the molecule is O=C(O)C[C@@H](Cc1ccc(Cl)cc1Cl)NC(=O)OCC1c2ccccc2-c2ccccc21. The highest BCUT2D eigenvalue weighted by Crippen LogP contribution is 2.44. The Balaban J connectivity index is 1.44. The maximum absolute atomic E-state index is 12.6. The fourth-order valence-corrected chi connectivity index (χ4v) is 4.63. The molecular weight excluding hydrogens is 449 g/mol. The van der Waals surface area contributed by atoms with Gasteiger partial charge in [0.15, 0.2) is 0 Å². The zero-order chi connectivity index (χ0) is 22.7. The van der Waals surface area contributed by atoms with Crippen molar-refractivity contribution in [1.29, 1.82) is 0 Å². The molecule has 3 aromatic rings. The predicted molar refractivity (Wildman–Crippen MR) is 124 cm³/mol. The fourth-order valence-electron chi connectivity index (χ4n) is 4.14. The Morgan fingerprint density at radius 2 is 1.59 bits per heavy atom. The molecule has 0 heterocycles. The van der Waals surface area contributed by atoms with Crippen molar-refractivity contribution in [2.24, 2.45) is 0 Å². The summed E-state index contributed by atoms with van der Waals surface area (Å²) in [5.74, 6) is -1.10. The minimum Gasteiger partial charge on any atom is -0.481 e. The van der Waals surface area contributed by atoms with Gasteiger partial charge in [-0.15, -0.1) is 0 Å². The molecule has 0 aliphatic heterocycles. The van der Waals surface area contributed by atoms with E-state index in [9.17, 15) is 14.7 Å². The number of aliphatic carboxylic acids is 1. The largest absolute Gasteiger partial charge is 0.481 e. The van der Waals surface area contributed by atoms with E-state index in [2.05, 4.69) is 17.4 Å². The number of fused-ring (bicyclic) bond motifs is 3. The zero-order valence-corrected chi connectivity index (χ0v) is 18.6. The number of hydrogen-bond acceptors (Lipinski definition) is 3. The summed E-state index contributed by atoms with van der Waals surface area (Å²) in [6.45, 7) is 0.154. The van der Waals surface area contributed by atoms with Crippen molar-refractivity contribution in [3.05, 3.63) is 93.5 Å². The van der Waals surface area contributed by atoms with Crippen LogP contribution in [0.15, 0.2) is 66.7 Å². The van der Waals surface area contributed by atoms with Crippen molar-refractivity contribution < 1.29 is 19.4 Å². The summed E-state index contributed by atoms with van der Waals surface area (Å²) in [5.41, 5.74) is 5.19. The fraction of sp³-hybridized carbons (Fsp3) is 0.200. The highest BCUT2D eigenvalue weighted by atomic mass is 35.5. The van der Waals surface area contributed by atoms with Crippen LogP contribution in [0.3, 0.4) is 0 Å². The Hall–Kier alpha value is -3.02. The summed E-state index contributed by atoms with van der Waals surface area (Å²) in [4.78, 5) is 23.9. The first-order valence-corrected chi connectivity index (χ1v) is 10.9. The Bertz CT molecular complexity index is 1120. The van der Waals surface area contributed by atoms with Crippen molar-refractivity contribution in [2.45, 2.75) is 24.8 Å². The molecule has 0 saturated heterocycles. The van der Waals surface area contributed by atoms with Gasteiger partial charge in [0.1, 0.15) is 6.61 Å². The second-order valence-corrected chi connectivity index (χ2v) is 8.55. The summed E-state index contributed by atoms with van der Waals surface area (Å²) >= 11 is 12.1. The van der Waals surface area contributed by atoms with Gasteiger partial charge in [-0.05, 0) is 46.4 Å². The number of alkyl carbamates (subject to hydrolysis) is 1. The van der Waals surface area contributed by atoms with Crippen LogP contribution in [0, 0.1) is 0 Å². The van der Waals surface area contributed by atoms with E-state index >= 15 is 0 Å². The molecule has 0 unspecified atom stereocenters. The van der Waals surface area contributed by atoms with Gasteiger partial charge in [0, 0.05) is 22.0 Å². The number of benzene rings is 3. The monoisotopic (exact) mass is 469 g/mol. The second kappa shape index (κ2) is 9.63. The van der Waals surface area contributed by atoms with Gasteiger partial charge < -0.3 is 15.2 Å². The van der Waals surface area contributed by atoms with Crippen molar-refractivity contribution in [2.75, 3.05) is 6.61 Å². The molecule has 1 aliphatic carbocycles. The quantitative estimate of drug-likeness (QED) is 0.450. The van der Waals surface area contributed by atoms with Crippen molar-refractivity contribution in [3.63, 3.8) is 0 Å². The molecule has 1 atom stereocenters. The number of amides is 1. The molecule has 4 rings (SSSR count). The molecule has 2 N–H and O–H groups in total. The normalized spacial score (nSPS) is 13.2. The molecule has 1 aliphatic rings. The number of carbonyl (C=O) groups is 2. The van der Waals surface area contributed by atoms with E-state index in [-0.39, 0.29) is 25.4 Å². The Kier molecular flexibility index (Phi) is 6.68. The van der Waals surface area contributed by atoms with E-state index in [4.69, 9.17) is 27.9 Å². The number of halogens is 2. The number of hydrogen-bond donors (Lipinski definition) is 2. The van der Waals surface area contributed by atoms with E-state index in [1.807, 2.05) is 36.4 Å². The second-order valence-electron chi connectivity index (χ2n) is 7.70. The minimum atomic E-state index is -1.03. The van der Waals surface area contributed by atoms with Crippen molar-refractivity contribution in [1.82, 2.24) is 5.32 Å². The lowest BCUT2D eigenvalue weighted by Crippen LogP contribution is -2.39. The van der Waals surface area contributed by atoms with Crippen LogP contribution in [0.5, 0.6) is 0 Å². The first kappa shape index (κ1) is 22.2. The first-order chi connectivity index (χ1) is 15.4. The lowest BCUT2D eigenvalue weighted by atomic mass is 9.98. The van der Waals surface area contributed by atoms with Crippen LogP contribution in [-0.4, -0.2) is 29.8 Å². The molecule has 0 aromatic heterocycles. The van der Waals surface area contributed by atoms with Gasteiger partial charge in [0.25, 0.3) is 0 Å². The van der Waals surface area contributed by atoms with Crippen LogP contribution in [0.4, 0.5) is 4.79 Å². The van der Waals surface area contributed by atoms with Crippen molar-refractivity contribution in [3.8, 4) is 11.1 Å². The Labute approximate surface area is 195 Å². The van der Waals surface area contributed by atoms with Gasteiger partial charge >= 0.3 is 12.1 Å². The summed E-state index contributed by atoms with van der Waals surface area (Å²) in [5, 5.41) is 12.8. The molecule has 0 fully saturated rings. The van der Waals surface area contributed by atoms with E-state index < -0.39 is 18.1 Å². The van der Waals surface area contributed by atoms with Crippen LogP contribution in [0.2, 0.25) is 10.0 Å². The predicted octanol–water partition coefficient (Wildman–Crippen LogP) is 5.92. The van der Waals surface area contributed by atoms with Gasteiger partial charge in [0.2, 0.25) is 0 Å². The molecule has 0 spiro atoms. The van der Waals surface area contributed by atoms with Crippen molar-refractivity contribution >= 4 is 35.3 Å². The van der Waals surface area contributed by atoms with Crippen LogP contribution >= 0.6 is 23.2 Å². The average molecular weight is 470 g/mol. The molecule has 0 bridgehead atoms. The number of carboxylic acids is 1. The number of nitrogens with one attached hydrogen (secondary N) is 1. The lowest BCUT2D eigenvalue weighted by molar-refractivity contribution is -0.137. The number of carboxylic acid groups (broad SMARTS) is 1. The van der Waals surface area contributed by atoms with E-state index in [1.54, 1.807) is 18.2 Å². The van der Waals surface area contributed by atoms with E-state index in [0.717, 1.165) is 22.3 Å². The topological polar surface area (TPSA) is 75.6 Å². The molecule has 5 nitrogen and oxygen atoms in total. The van der Waals surface area contributed by atoms with Crippen LogP contribution in [-0.2, 0) is 16.0 Å². The molecule has 32 heavy (non-hydrogen) atoms. The van der Waals surface area contributed by atoms with Gasteiger partial charge in [-0.3, -0.25) is 4.79 Å². The standard InChI is InChI=1S/C25H21Cl2NO4/c26-16-10-9-15(23(27)12-16)11-17(13-24(29)30)28-25(31)32-14-22-20-7-3-1-5-18(20)19-6-2-4-8-21(19)22/h1-10,12,17,22H,11,13-14H2,(H,28,31)(H,29,30)/t17-/m1/s1. The zero-order valence-electron chi connectivity index (χ0n) is 17.1. The van der Waals surface area contributed by atoms with Gasteiger partial charge in [-0.2, -0.15) is 0 Å². The molecule has 0 radical (unpaired) electrons. The highest BCUT2D eigenvalue weighted by Gasteiger charge is 2.29. The molecule has 0 saturated carbocycles. The lowest BCUT2D eigenvalue weighted by Gasteiger charge is -2.19. The van der Waals surface area contributed by atoms with Gasteiger partial charge in [-0.25, -0.2) is 4.79 Å². The average Bonchev–Trinajstić information content (AvgIpc) is 3.07. The molecule has 3 aromatic carbocycles. The molecular formula is C25H21Cl2NO4. The molecule has 164 valence electrons. The smallest absolute Gasteiger partial charge is 0.407 e. The van der Waals surface area contributed by atoms with Crippen LogP contribution in [0.1, 0.15) is 29.0 Å². The summed E-state index contributed by atoms with van der Waals surface area (Å²) in [6, 6.07) is 20.4. The van der Waals surface area contributed by atoms with Crippen LogP contribution < -0.4 is 5.32 Å². The summed E-state index contributed by atoms with van der Waals surface area (Å²) in [6.07, 6.45) is -0.682. The van der Waals surface area contributed by atoms with E-state index in [0.29, 0.717) is 15.6 Å². The van der Waals surface area contributed by atoms with E-state index in [1.165, 1.54) is 0 Å². The maximum Gasteiger partial charge on any atom is 0.407 e. The summed E-state index contributed by atoms with van der Waals surface area (Å²) in [7, 11) is 0. The third-order valence-electron chi connectivity index (χ3n) is 5.57. The van der Waals surface area contributed by atoms with Gasteiger partial charge in [-0.1, -0.05) is 77.8 Å². The van der Waals surface area contributed by atoms with Crippen LogP contribution in [0.25, 0.3) is 11.1 Å². The number of rotatable bonds is 7. The Morgan fingerprint density at radius 3 is 2.19 bits per heavy atom. The molecule has 1 amide bonds. The first-order valence-electron chi connectivity index (χ1n) is 10.2. The third kappa shape index (κ3) is 4.90. The maximum atomic E-state index is 12.6. The summed E-state index contributed by atoms with van der Waals surface area (Å²) < 4.78 is 5.54.